The van der Waals surface area contributed by atoms with E-state index in [1.807, 2.05) is 0 Å². The van der Waals surface area contributed by atoms with Crippen LogP contribution in [0.5, 0.6) is 0 Å². The van der Waals surface area contributed by atoms with Gasteiger partial charge >= 0.3 is 0 Å². The normalized spacial score (nSPS) is 13.8. The van der Waals surface area contributed by atoms with Crippen molar-refractivity contribution in [2.45, 2.75) is 10.8 Å². The summed E-state index contributed by atoms with van der Waals surface area (Å²) in [7, 11) is -2.04. The topological polar surface area (TPSA) is 0 Å². The van der Waals surface area contributed by atoms with E-state index in [4.69, 9.17) is 0 Å². The molecule has 0 radical (unpaired) electrons. The van der Waals surface area contributed by atoms with Gasteiger partial charge in [0.1, 0.15) is 0 Å². The average Bonchev–Trinajstić information content (AvgIpc) is 1.50. The minimum atomic E-state index is -0.555. The Hall–Kier alpha value is -16.0. The second-order valence-corrected chi connectivity index (χ2v) is 48.0. The fourth-order valence-electron chi connectivity index (χ4n) is 27.9. The minimum Gasteiger partial charge on any atom is -0.112 e. The standard InChI is InChI=1S/2C69H44P2/c1-70-60-34-11-7-22-51(60)65-47(28-16-36-62(65)70)43-24-13-26-49-54(43)40-55-44(48-29-17-37-63-66(48)52-23-8-12-35-61(52)71(63)2)25-14-27-50(55)64(49)53-30-15-33-58-68(53)67-42-19-4-3-18-41(42)38-39-59(67)69(58)56-31-9-5-20-45(56)46-21-6-10-32-57(46)69;1-70-62-36-11-7-22-47(62)53-30-15-28-51(67(53)70)43-24-13-26-49-56(43)40-57-44(52-29-16-31-54-48-23-8-12-37-63(48)71(2)68(52)54)25-14-27-50(57)64(49)55-32-17-35-60-66(55)65-42-19-4-3-18-41(42)38-39-61(65)69(60)58-33-9-5-20-45(58)46-21-6-10-34-59(46)69/h2*3-40H,1-2H3. The van der Waals surface area contributed by atoms with Crippen molar-refractivity contribution >= 4 is 179 Å². The molecule has 0 bridgehead atoms. The zero-order valence-corrected chi connectivity index (χ0v) is 82.2. The minimum absolute atomic E-state index is 0.466. The summed E-state index contributed by atoms with van der Waals surface area (Å²) in [5.41, 5.74) is 36.3. The summed E-state index contributed by atoms with van der Waals surface area (Å²) < 4.78 is 0. The fourth-order valence-corrected chi connectivity index (χ4v) is 36.4. The van der Waals surface area contributed by atoms with Gasteiger partial charge in [-0.3, -0.25) is 0 Å². The molecule has 4 aliphatic carbocycles. The van der Waals surface area contributed by atoms with Gasteiger partial charge in [-0.1, -0.05) is 449 Å². The third-order valence-electron chi connectivity index (χ3n) is 33.5. The molecule has 32 rings (SSSR count). The fraction of sp³-hybridized carbons (Fsp3) is 0.0435. The average molecular weight is 1870 g/mol. The van der Waals surface area contributed by atoms with E-state index < -0.39 is 41.0 Å². The van der Waals surface area contributed by atoms with Gasteiger partial charge in [-0.05, 0) is 292 Å². The number of fused-ring (bicyclic) bond motifs is 40. The van der Waals surface area contributed by atoms with E-state index in [9.17, 15) is 0 Å². The van der Waals surface area contributed by atoms with E-state index in [0.717, 1.165) is 0 Å². The summed E-state index contributed by atoms with van der Waals surface area (Å²) in [6.45, 7) is 9.81. The quantitative estimate of drug-likeness (QED) is 0.146. The molecule has 28 aromatic rings. The van der Waals surface area contributed by atoms with Crippen LogP contribution >= 0.6 is 30.1 Å². The van der Waals surface area contributed by atoms with E-state index >= 15 is 0 Å². The lowest BCUT2D eigenvalue weighted by Crippen LogP contribution is -2.25. The largest absolute Gasteiger partial charge is 0.112 e. The summed E-state index contributed by atoms with van der Waals surface area (Å²) >= 11 is 0. The van der Waals surface area contributed by atoms with Crippen LogP contribution in [0.15, 0.2) is 461 Å². The second-order valence-electron chi connectivity index (χ2n) is 39.8. The van der Waals surface area contributed by atoms with Gasteiger partial charge in [0.15, 0.2) is 0 Å². The molecule has 142 heavy (non-hydrogen) atoms. The third-order valence-corrected chi connectivity index (χ3v) is 42.5. The molecule has 4 aromatic heterocycles. The number of hydrogen-bond acceptors (Lipinski definition) is 0. The Balaban J connectivity index is 0.000000130. The molecule has 660 valence electrons. The van der Waals surface area contributed by atoms with Crippen LogP contribution in [0.1, 0.15) is 44.5 Å². The Bertz CT molecular complexity index is 10100. The van der Waals surface area contributed by atoms with Crippen molar-refractivity contribution < 1.29 is 0 Å². The van der Waals surface area contributed by atoms with Gasteiger partial charge < -0.3 is 0 Å². The molecule has 4 heteroatoms. The molecular weight excluding hydrogens is 1780 g/mol. The molecule has 4 aliphatic rings. The molecule has 0 saturated heterocycles. The van der Waals surface area contributed by atoms with Crippen LogP contribution in [0.4, 0.5) is 0 Å². The highest BCUT2D eigenvalue weighted by Crippen LogP contribution is 2.70. The van der Waals surface area contributed by atoms with Crippen molar-refractivity contribution in [2.24, 2.45) is 26.7 Å². The summed E-state index contributed by atoms with van der Waals surface area (Å²) in [4.78, 5) is 0. The van der Waals surface area contributed by atoms with Crippen molar-refractivity contribution in [1.29, 1.82) is 0 Å². The highest BCUT2D eigenvalue weighted by molar-refractivity contribution is 7.61. The molecular formula is C138H88P4. The van der Waals surface area contributed by atoms with Gasteiger partial charge in [0.2, 0.25) is 0 Å². The van der Waals surface area contributed by atoms with Gasteiger partial charge in [0, 0.05) is 51.7 Å². The maximum absolute atomic E-state index is 2.58. The third kappa shape index (κ3) is 10.6. The Morgan fingerprint density at radius 1 is 0.134 bits per heavy atom. The lowest BCUT2D eigenvalue weighted by Gasteiger charge is -2.30. The van der Waals surface area contributed by atoms with Crippen molar-refractivity contribution in [3.8, 4) is 111 Å². The van der Waals surface area contributed by atoms with E-state index in [-0.39, 0.29) is 0 Å². The van der Waals surface area contributed by atoms with Gasteiger partial charge in [-0.15, -0.1) is 30.1 Å². The van der Waals surface area contributed by atoms with Gasteiger partial charge in [0.05, 0.1) is 10.8 Å². The molecule has 0 N–H and O–H groups in total. The summed E-state index contributed by atoms with van der Waals surface area (Å²) in [5, 5.41) is 38.3. The van der Waals surface area contributed by atoms with Gasteiger partial charge in [-0.25, -0.2) is 0 Å². The van der Waals surface area contributed by atoms with E-state index in [0.29, 0.717) is 0 Å². The van der Waals surface area contributed by atoms with Crippen LogP contribution in [0, 0.1) is 0 Å². The molecule has 4 unspecified atom stereocenters. The van der Waals surface area contributed by atoms with Crippen molar-refractivity contribution in [2.75, 3.05) is 0 Å². The predicted octanol–water partition coefficient (Wildman–Crippen LogP) is 40.3. The zero-order valence-electron chi connectivity index (χ0n) is 78.7. The Kier molecular flexibility index (Phi) is 17.3. The number of aryl methyl sites for hydroxylation is 4. The molecule has 0 amide bonds. The summed E-state index contributed by atoms with van der Waals surface area (Å²) in [6.07, 6.45) is 0. The van der Waals surface area contributed by atoms with Crippen LogP contribution in [-0.2, 0) is 37.5 Å². The zero-order chi connectivity index (χ0) is 93.4. The molecule has 24 aromatic carbocycles. The number of hydrogen-bond donors (Lipinski definition) is 0. The van der Waals surface area contributed by atoms with E-state index in [2.05, 4.69) is 488 Å². The molecule has 0 nitrogen and oxygen atoms in total. The highest BCUT2D eigenvalue weighted by Gasteiger charge is 2.55. The van der Waals surface area contributed by atoms with Crippen LogP contribution in [0.25, 0.3) is 260 Å². The second kappa shape index (κ2) is 30.3. The van der Waals surface area contributed by atoms with Crippen molar-refractivity contribution in [1.82, 2.24) is 0 Å². The lowest BCUT2D eigenvalue weighted by molar-refractivity contribution is 0.794. The monoisotopic (exact) mass is 1870 g/mol. The molecule has 0 fully saturated rings. The SMILES string of the molecule is Cp1c2ccccc2c2c(-c3cccc4c(-c5cccc6c5-c5c(ccc7ccccc57)C65c6ccccc6-c6ccccc65)c5cccc(-c6cccc7c6c6ccccc6p7C)c5cc34)cccc21.Cp1c2ccccc2c2cccc(-c3cccc4c(-c5cccc6c5-c5c(ccc7ccccc57)C65c6ccccc6-c6ccccc65)c5cccc(-c6cccc7c8ccccc8p(C)c67)c5cc34)c21. The highest BCUT2D eigenvalue weighted by atomic mass is 31.1. The first-order valence-electron chi connectivity index (χ1n) is 49.8. The first-order chi connectivity index (χ1) is 70.2. The predicted molar refractivity (Wildman–Crippen MR) is 618 cm³/mol. The number of benzene rings is 24. The van der Waals surface area contributed by atoms with Crippen molar-refractivity contribution in [3.05, 3.63) is 506 Å². The van der Waals surface area contributed by atoms with Crippen LogP contribution in [-0.4, -0.2) is 0 Å². The van der Waals surface area contributed by atoms with E-state index in [1.54, 1.807) is 0 Å². The smallest absolute Gasteiger partial charge is 0.0725 e. The van der Waals surface area contributed by atoms with Crippen LogP contribution < -0.4 is 0 Å². The Labute approximate surface area is 826 Å². The Morgan fingerprint density at radius 3 is 0.746 bits per heavy atom. The van der Waals surface area contributed by atoms with Gasteiger partial charge in [-0.2, -0.15) is 0 Å². The first-order valence-corrected chi connectivity index (χ1v) is 56.9. The maximum Gasteiger partial charge on any atom is 0.0725 e. The molecule has 0 saturated carbocycles. The molecule has 4 heterocycles. The Morgan fingerprint density at radius 2 is 0.373 bits per heavy atom. The molecule has 4 atom stereocenters. The summed E-state index contributed by atoms with van der Waals surface area (Å²) in [6, 6.07) is 178. The van der Waals surface area contributed by atoms with Crippen molar-refractivity contribution in [3.63, 3.8) is 0 Å². The summed E-state index contributed by atoms with van der Waals surface area (Å²) in [5.74, 6) is 0. The first kappa shape index (κ1) is 80.9. The van der Waals surface area contributed by atoms with Crippen LogP contribution in [0.2, 0.25) is 0 Å². The van der Waals surface area contributed by atoms with Crippen LogP contribution in [0.3, 0.4) is 0 Å². The number of rotatable bonds is 6. The lowest BCUT2D eigenvalue weighted by atomic mass is 9.70. The van der Waals surface area contributed by atoms with Gasteiger partial charge in [0.25, 0.3) is 0 Å². The maximum atomic E-state index is 2.58. The van der Waals surface area contributed by atoms with E-state index in [1.165, 1.54) is 304 Å². The molecule has 2 spiro atoms. The molecule has 0 aliphatic heterocycles.